The number of nitrogens with one attached hydrogen (secondary N) is 1. The van der Waals surface area contributed by atoms with Gasteiger partial charge in [0, 0.05) is 42.1 Å². The summed E-state index contributed by atoms with van der Waals surface area (Å²) < 4.78 is 26.6. The van der Waals surface area contributed by atoms with Crippen molar-refractivity contribution in [2.45, 2.75) is 11.4 Å². The number of nitrogens with zero attached hydrogens (tertiary/aromatic N) is 3. The van der Waals surface area contributed by atoms with E-state index in [-0.39, 0.29) is 23.9 Å². The number of sulfonamides is 1. The zero-order chi connectivity index (χ0) is 18.1. The number of aromatic nitrogens is 2. The van der Waals surface area contributed by atoms with E-state index in [2.05, 4.69) is 9.97 Å². The molecule has 134 valence electrons. The fraction of sp³-hybridized carbons (Fsp3) is 0.222. The number of carbonyl (C=O) groups is 1. The molecule has 8 heteroatoms. The molecular formula is C18H18N4O3S. The van der Waals surface area contributed by atoms with Crippen LogP contribution in [0.4, 0.5) is 0 Å². The van der Waals surface area contributed by atoms with Crippen molar-refractivity contribution >= 4 is 26.8 Å². The van der Waals surface area contributed by atoms with Crippen molar-refractivity contribution in [1.82, 2.24) is 19.2 Å². The van der Waals surface area contributed by atoms with Gasteiger partial charge in [0.2, 0.25) is 15.9 Å². The van der Waals surface area contributed by atoms with Gasteiger partial charge in [-0.1, -0.05) is 18.2 Å². The van der Waals surface area contributed by atoms with Crippen molar-refractivity contribution in [3.63, 3.8) is 0 Å². The molecule has 0 bridgehead atoms. The van der Waals surface area contributed by atoms with Crippen molar-refractivity contribution in [3.05, 3.63) is 60.6 Å². The van der Waals surface area contributed by atoms with Gasteiger partial charge < -0.3 is 9.88 Å². The number of benzene rings is 1. The van der Waals surface area contributed by atoms with Crippen LogP contribution in [-0.2, 0) is 21.4 Å². The number of fused-ring (bicyclic) bond motifs is 1. The van der Waals surface area contributed by atoms with E-state index in [1.54, 1.807) is 47.6 Å². The highest BCUT2D eigenvalue weighted by molar-refractivity contribution is 7.89. The summed E-state index contributed by atoms with van der Waals surface area (Å²) in [4.78, 5) is 21.7. The lowest BCUT2D eigenvalue weighted by molar-refractivity contribution is -0.134. The molecule has 1 N–H and O–H groups in total. The molecule has 1 amide bonds. The van der Waals surface area contributed by atoms with E-state index in [4.69, 9.17) is 0 Å². The molecule has 0 unspecified atom stereocenters. The van der Waals surface area contributed by atoms with Gasteiger partial charge in [0.25, 0.3) is 0 Å². The first-order valence-electron chi connectivity index (χ1n) is 8.28. The van der Waals surface area contributed by atoms with Crippen LogP contribution in [0.5, 0.6) is 0 Å². The van der Waals surface area contributed by atoms with Gasteiger partial charge in [0.1, 0.15) is 0 Å². The van der Waals surface area contributed by atoms with Crippen LogP contribution in [0.3, 0.4) is 0 Å². The third kappa shape index (κ3) is 3.09. The maximum Gasteiger partial charge on any atom is 0.243 e. The van der Waals surface area contributed by atoms with Crippen molar-refractivity contribution in [2.24, 2.45) is 0 Å². The lowest BCUT2D eigenvalue weighted by atomic mass is 10.3. The van der Waals surface area contributed by atoms with E-state index in [1.807, 2.05) is 12.1 Å². The first-order chi connectivity index (χ1) is 12.5. The van der Waals surface area contributed by atoms with Gasteiger partial charge >= 0.3 is 0 Å². The summed E-state index contributed by atoms with van der Waals surface area (Å²) in [5.41, 5.74) is 1.87. The monoisotopic (exact) mass is 370 g/mol. The van der Waals surface area contributed by atoms with Gasteiger partial charge in [-0.25, -0.2) is 8.42 Å². The molecule has 0 atom stereocenters. The maximum atomic E-state index is 12.7. The minimum Gasteiger partial charge on any atom is -0.357 e. The molecule has 4 rings (SSSR count). The number of hydrogen-bond acceptors (Lipinski definition) is 4. The molecule has 1 fully saturated rings. The molecule has 3 heterocycles. The quantitative estimate of drug-likeness (QED) is 0.756. The largest absolute Gasteiger partial charge is 0.357 e. The molecule has 3 aromatic rings. The Bertz CT molecular complexity index is 1010. The smallest absolute Gasteiger partial charge is 0.243 e. The molecule has 1 aromatic carbocycles. The van der Waals surface area contributed by atoms with E-state index < -0.39 is 10.0 Å². The van der Waals surface area contributed by atoms with Crippen LogP contribution in [0.15, 0.2) is 59.8 Å². The van der Waals surface area contributed by atoms with Crippen LogP contribution in [0.1, 0.15) is 5.69 Å². The highest BCUT2D eigenvalue weighted by atomic mass is 32.2. The molecule has 2 aromatic heterocycles. The summed E-state index contributed by atoms with van der Waals surface area (Å²) in [5, 5.41) is 0.986. The van der Waals surface area contributed by atoms with Crippen molar-refractivity contribution < 1.29 is 13.2 Å². The standard InChI is InChI=1S/C18H18N4O3S/c23-18-13-22(26(24,25)16-4-2-1-3-5-16)9-8-21(18)12-15-10-14-11-19-7-6-17(14)20-15/h1-7,10-11,20H,8-9,12-13H2. The Morgan fingerprint density at radius 2 is 1.92 bits per heavy atom. The summed E-state index contributed by atoms with van der Waals surface area (Å²) >= 11 is 0. The average Bonchev–Trinajstić information content (AvgIpc) is 3.06. The van der Waals surface area contributed by atoms with Crippen molar-refractivity contribution in [3.8, 4) is 0 Å². The van der Waals surface area contributed by atoms with Gasteiger partial charge in [-0.3, -0.25) is 9.78 Å². The fourth-order valence-electron chi connectivity index (χ4n) is 3.12. The molecule has 1 aliphatic heterocycles. The summed E-state index contributed by atoms with van der Waals surface area (Å²) in [7, 11) is -3.64. The van der Waals surface area contributed by atoms with Gasteiger partial charge in [0.05, 0.1) is 18.0 Å². The Hall–Kier alpha value is -2.71. The number of H-pyrrole nitrogens is 1. The second kappa shape index (κ2) is 6.54. The molecule has 0 spiro atoms. The summed E-state index contributed by atoms with van der Waals surface area (Å²) in [6.07, 6.45) is 3.47. The summed E-state index contributed by atoms with van der Waals surface area (Å²) in [5.74, 6) is -0.201. The lowest BCUT2D eigenvalue weighted by Gasteiger charge is -2.33. The van der Waals surface area contributed by atoms with E-state index in [1.165, 1.54) is 4.31 Å². The topological polar surface area (TPSA) is 86.4 Å². The molecule has 1 aliphatic rings. The van der Waals surface area contributed by atoms with E-state index in [0.717, 1.165) is 16.6 Å². The Morgan fingerprint density at radius 1 is 1.12 bits per heavy atom. The molecule has 0 radical (unpaired) electrons. The highest BCUT2D eigenvalue weighted by Crippen LogP contribution is 2.20. The predicted octanol–water partition coefficient (Wildman–Crippen LogP) is 1.60. The Kier molecular flexibility index (Phi) is 4.21. The van der Waals surface area contributed by atoms with E-state index in [9.17, 15) is 13.2 Å². The third-order valence-corrected chi connectivity index (χ3v) is 6.36. The number of rotatable bonds is 4. The number of carbonyl (C=O) groups excluding carboxylic acids is 1. The molecule has 0 aliphatic carbocycles. The van der Waals surface area contributed by atoms with Crippen LogP contribution in [0.25, 0.3) is 10.9 Å². The Balaban J connectivity index is 1.47. The number of piperazine rings is 1. The molecular weight excluding hydrogens is 352 g/mol. The predicted molar refractivity (Wildman–Crippen MR) is 96.7 cm³/mol. The van der Waals surface area contributed by atoms with Crippen LogP contribution < -0.4 is 0 Å². The van der Waals surface area contributed by atoms with Crippen LogP contribution in [0.2, 0.25) is 0 Å². The minimum absolute atomic E-state index is 0.140. The zero-order valence-electron chi connectivity index (χ0n) is 14.0. The maximum absolute atomic E-state index is 12.7. The van der Waals surface area contributed by atoms with Crippen molar-refractivity contribution in [2.75, 3.05) is 19.6 Å². The SMILES string of the molecule is O=C1CN(S(=O)(=O)c2ccccc2)CCN1Cc1cc2cnccc2[nH]1. The first kappa shape index (κ1) is 16.7. The van der Waals surface area contributed by atoms with Gasteiger partial charge in [-0.2, -0.15) is 4.31 Å². The molecule has 1 saturated heterocycles. The Morgan fingerprint density at radius 3 is 2.65 bits per heavy atom. The minimum atomic E-state index is -3.64. The fourth-order valence-corrected chi connectivity index (χ4v) is 4.53. The molecule has 26 heavy (non-hydrogen) atoms. The third-order valence-electron chi connectivity index (χ3n) is 4.50. The second-order valence-corrected chi connectivity index (χ2v) is 8.16. The van der Waals surface area contributed by atoms with Crippen LogP contribution >= 0.6 is 0 Å². The van der Waals surface area contributed by atoms with E-state index >= 15 is 0 Å². The van der Waals surface area contributed by atoms with Crippen LogP contribution in [-0.4, -0.2) is 53.1 Å². The van der Waals surface area contributed by atoms with E-state index in [0.29, 0.717) is 13.1 Å². The first-order valence-corrected chi connectivity index (χ1v) is 9.72. The second-order valence-electron chi connectivity index (χ2n) is 6.22. The van der Waals surface area contributed by atoms with Crippen molar-refractivity contribution in [1.29, 1.82) is 0 Å². The van der Waals surface area contributed by atoms with Gasteiger partial charge in [-0.05, 0) is 24.3 Å². The number of hydrogen-bond donors (Lipinski definition) is 1. The van der Waals surface area contributed by atoms with Gasteiger partial charge in [-0.15, -0.1) is 0 Å². The molecule has 7 nitrogen and oxygen atoms in total. The Labute approximate surface area is 151 Å². The highest BCUT2D eigenvalue weighted by Gasteiger charge is 2.32. The van der Waals surface area contributed by atoms with Gasteiger partial charge in [0.15, 0.2) is 0 Å². The average molecular weight is 370 g/mol. The number of amides is 1. The summed E-state index contributed by atoms with van der Waals surface area (Å²) in [6, 6.07) is 12.0. The summed E-state index contributed by atoms with van der Waals surface area (Å²) in [6.45, 7) is 0.926. The normalized spacial score (nSPS) is 16.3. The number of pyridine rings is 1. The zero-order valence-corrected chi connectivity index (χ0v) is 14.8. The number of aromatic amines is 1. The van der Waals surface area contributed by atoms with Crippen LogP contribution in [0, 0.1) is 0 Å². The lowest BCUT2D eigenvalue weighted by Crippen LogP contribution is -2.51. The molecule has 0 saturated carbocycles.